The highest BCUT2D eigenvalue weighted by atomic mass is 19.1. The first-order chi connectivity index (χ1) is 9.56. The molecule has 1 aromatic heterocycles. The fourth-order valence-corrected chi connectivity index (χ4v) is 1.66. The Morgan fingerprint density at radius 1 is 1.20 bits per heavy atom. The van der Waals surface area contributed by atoms with Gasteiger partial charge in [-0.15, -0.1) is 0 Å². The second kappa shape index (κ2) is 5.92. The van der Waals surface area contributed by atoms with E-state index in [0.29, 0.717) is 5.56 Å². The lowest BCUT2D eigenvalue weighted by Crippen LogP contribution is -2.23. The molecule has 0 bridgehead atoms. The first kappa shape index (κ1) is 13.7. The maximum absolute atomic E-state index is 12.9. The van der Waals surface area contributed by atoms with Crippen LogP contribution < -0.4 is 11.1 Å². The van der Waals surface area contributed by atoms with E-state index in [4.69, 9.17) is 5.73 Å². The molecule has 0 saturated heterocycles. The lowest BCUT2D eigenvalue weighted by Gasteiger charge is -2.06. The Bertz CT molecular complexity index is 658. The van der Waals surface area contributed by atoms with Crippen LogP contribution in [0, 0.1) is 5.95 Å². The Labute approximate surface area is 114 Å². The summed E-state index contributed by atoms with van der Waals surface area (Å²) in [6.45, 7) is 0.212. The van der Waals surface area contributed by atoms with Gasteiger partial charge in [-0.25, -0.2) is 4.98 Å². The lowest BCUT2D eigenvalue weighted by atomic mass is 10.1. The fourth-order valence-electron chi connectivity index (χ4n) is 1.66. The van der Waals surface area contributed by atoms with Gasteiger partial charge in [0.2, 0.25) is 11.9 Å². The van der Waals surface area contributed by atoms with E-state index in [-0.39, 0.29) is 12.1 Å². The molecule has 102 valence electrons. The maximum atomic E-state index is 12.9. The first-order valence-corrected chi connectivity index (χ1v) is 5.85. The third-order valence-electron chi connectivity index (χ3n) is 2.65. The van der Waals surface area contributed by atoms with Gasteiger partial charge in [0.15, 0.2) is 0 Å². The minimum Gasteiger partial charge on any atom is -0.366 e. The number of primary amides is 1. The molecule has 1 aromatic carbocycles. The summed E-state index contributed by atoms with van der Waals surface area (Å²) in [7, 11) is 0. The molecule has 0 aliphatic carbocycles. The molecule has 0 spiro atoms. The third-order valence-corrected chi connectivity index (χ3v) is 2.65. The molecule has 20 heavy (non-hydrogen) atoms. The number of amides is 2. The summed E-state index contributed by atoms with van der Waals surface area (Å²) < 4.78 is 12.9. The summed E-state index contributed by atoms with van der Waals surface area (Å²) in [6.07, 6.45) is 1.22. The van der Waals surface area contributed by atoms with Crippen LogP contribution in [0.1, 0.15) is 26.3 Å². The average Bonchev–Trinajstić information content (AvgIpc) is 2.45. The van der Waals surface area contributed by atoms with Crippen LogP contribution in [0.3, 0.4) is 0 Å². The van der Waals surface area contributed by atoms with Gasteiger partial charge in [0.1, 0.15) is 0 Å². The van der Waals surface area contributed by atoms with Gasteiger partial charge in [-0.3, -0.25) is 9.59 Å². The molecule has 0 fully saturated rings. The van der Waals surface area contributed by atoms with Crippen LogP contribution in [-0.2, 0) is 6.54 Å². The summed E-state index contributed by atoms with van der Waals surface area (Å²) in [5, 5.41) is 2.62. The van der Waals surface area contributed by atoms with Crippen molar-refractivity contribution in [2.45, 2.75) is 6.54 Å². The zero-order chi connectivity index (χ0) is 14.5. The second-order valence-electron chi connectivity index (χ2n) is 4.11. The van der Waals surface area contributed by atoms with E-state index in [0.717, 1.165) is 11.6 Å². The number of nitrogens with one attached hydrogen (secondary N) is 1. The highest BCUT2D eigenvalue weighted by Gasteiger charge is 2.07. The van der Waals surface area contributed by atoms with E-state index in [1.54, 1.807) is 24.3 Å². The number of nitrogens with two attached hydrogens (primary N) is 1. The van der Waals surface area contributed by atoms with Crippen LogP contribution in [0.4, 0.5) is 4.39 Å². The first-order valence-electron chi connectivity index (χ1n) is 5.85. The summed E-state index contributed by atoms with van der Waals surface area (Å²) in [6, 6.07) is 9.07. The van der Waals surface area contributed by atoms with Crippen molar-refractivity contribution in [1.29, 1.82) is 0 Å². The van der Waals surface area contributed by atoms with Crippen molar-refractivity contribution in [1.82, 2.24) is 10.3 Å². The third kappa shape index (κ3) is 3.38. The van der Waals surface area contributed by atoms with Gasteiger partial charge in [0, 0.05) is 29.9 Å². The number of carbonyl (C=O) groups excluding carboxylic acids is 2. The van der Waals surface area contributed by atoms with Gasteiger partial charge >= 0.3 is 0 Å². The fraction of sp³-hybridized carbons (Fsp3) is 0.0714. The Balaban J connectivity index is 2.03. The molecule has 2 rings (SSSR count). The van der Waals surface area contributed by atoms with Crippen LogP contribution >= 0.6 is 0 Å². The van der Waals surface area contributed by atoms with E-state index in [1.165, 1.54) is 12.3 Å². The Kier molecular flexibility index (Phi) is 4.05. The highest BCUT2D eigenvalue weighted by molar-refractivity contribution is 5.94. The number of hydrogen-bond donors (Lipinski definition) is 2. The lowest BCUT2D eigenvalue weighted by molar-refractivity contribution is 0.0949. The molecule has 0 aliphatic rings. The predicted molar refractivity (Wildman–Crippen MR) is 70.3 cm³/mol. The molecule has 0 radical (unpaired) electrons. The Hall–Kier alpha value is -2.76. The minimum atomic E-state index is -0.714. The summed E-state index contributed by atoms with van der Waals surface area (Å²) in [5.41, 5.74) is 6.45. The molecule has 6 heteroatoms. The number of aromatic nitrogens is 1. The van der Waals surface area contributed by atoms with Crippen LogP contribution in [0.5, 0.6) is 0 Å². The van der Waals surface area contributed by atoms with Crippen LogP contribution in [-0.4, -0.2) is 16.8 Å². The zero-order valence-electron chi connectivity index (χ0n) is 10.5. The van der Waals surface area contributed by atoms with Gasteiger partial charge in [-0.05, 0) is 23.8 Å². The summed E-state index contributed by atoms with van der Waals surface area (Å²) in [4.78, 5) is 26.2. The molecule has 2 amide bonds. The number of carbonyl (C=O) groups is 2. The zero-order valence-corrected chi connectivity index (χ0v) is 10.5. The van der Waals surface area contributed by atoms with Gasteiger partial charge in [-0.2, -0.15) is 4.39 Å². The molecule has 2 aromatic rings. The molecule has 5 nitrogen and oxygen atoms in total. The van der Waals surface area contributed by atoms with Crippen molar-refractivity contribution in [3.8, 4) is 0 Å². The number of halogens is 1. The Morgan fingerprint density at radius 3 is 2.70 bits per heavy atom. The summed E-state index contributed by atoms with van der Waals surface area (Å²) >= 11 is 0. The highest BCUT2D eigenvalue weighted by Crippen LogP contribution is 2.05. The van der Waals surface area contributed by atoms with Crippen molar-refractivity contribution in [3.05, 3.63) is 65.2 Å². The number of benzene rings is 1. The molecule has 0 saturated carbocycles. The monoisotopic (exact) mass is 273 g/mol. The number of hydrogen-bond acceptors (Lipinski definition) is 3. The van der Waals surface area contributed by atoms with E-state index in [1.807, 2.05) is 0 Å². The van der Waals surface area contributed by atoms with Gasteiger partial charge in [0.25, 0.3) is 5.91 Å². The van der Waals surface area contributed by atoms with Gasteiger partial charge in [-0.1, -0.05) is 12.1 Å². The largest absolute Gasteiger partial charge is 0.366 e. The van der Waals surface area contributed by atoms with Gasteiger partial charge < -0.3 is 11.1 Å². The SMILES string of the molecule is NC(=O)c1cccc(CNC(=O)c2ccnc(F)c2)c1. The smallest absolute Gasteiger partial charge is 0.251 e. The van der Waals surface area contributed by atoms with E-state index < -0.39 is 17.8 Å². The molecule has 0 aliphatic heterocycles. The number of pyridine rings is 1. The number of rotatable bonds is 4. The van der Waals surface area contributed by atoms with Crippen LogP contribution in [0.2, 0.25) is 0 Å². The molecular weight excluding hydrogens is 261 g/mol. The standard InChI is InChI=1S/C14H12FN3O2/c15-12-7-11(4-5-17-12)14(20)18-8-9-2-1-3-10(6-9)13(16)19/h1-7H,8H2,(H2,16,19)(H,18,20). The molecule has 0 atom stereocenters. The van der Waals surface area contributed by atoms with Crippen molar-refractivity contribution < 1.29 is 14.0 Å². The number of nitrogens with zero attached hydrogens (tertiary/aromatic N) is 1. The topological polar surface area (TPSA) is 85.1 Å². The average molecular weight is 273 g/mol. The van der Waals surface area contributed by atoms with Crippen LogP contribution in [0.15, 0.2) is 42.6 Å². The molecule has 3 N–H and O–H groups in total. The minimum absolute atomic E-state index is 0.184. The Morgan fingerprint density at radius 2 is 2.00 bits per heavy atom. The quantitative estimate of drug-likeness (QED) is 0.822. The molecule has 0 unspecified atom stereocenters. The van der Waals surface area contributed by atoms with Crippen LogP contribution in [0.25, 0.3) is 0 Å². The predicted octanol–water partition coefficient (Wildman–Crippen LogP) is 1.25. The normalized spacial score (nSPS) is 10.1. The molecular formula is C14H12FN3O2. The second-order valence-corrected chi connectivity index (χ2v) is 4.11. The van der Waals surface area contributed by atoms with E-state index in [9.17, 15) is 14.0 Å². The summed E-state index contributed by atoms with van der Waals surface area (Å²) in [5.74, 6) is -1.67. The van der Waals surface area contributed by atoms with Crippen molar-refractivity contribution >= 4 is 11.8 Å². The van der Waals surface area contributed by atoms with Gasteiger partial charge in [0.05, 0.1) is 0 Å². The van der Waals surface area contributed by atoms with Crippen molar-refractivity contribution in [3.63, 3.8) is 0 Å². The van der Waals surface area contributed by atoms with Crippen molar-refractivity contribution in [2.24, 2.45) is 5.73 Å². The molecule has 1 heterocycles. The van der Waals surface area contributed by atoms with Crippen molar-refractivity contribution in [2.75, 3.05) is 0 Å². The maximum Gasteiger partial charge on any atom is 0.251 e. The van der Waals surface area contributed by atoms with E-state index >= 15 is 0 Å². The van der Waals surface area contributed by atoms with E-state index in [2.05, 4.69) is 10.3 Å².